The number of hydrogen-bond acceptors (Lipinski definition) is 8. The van der Waals surface area contributed by atoms with Gasteiger partial charge in [0.2, 0.25) is 5.88 Å². The van der Waals surface area contributed by atoms with E-state index in [0.29, 0.717) is 17.0 Å². The molecule has 0 fully saturated rings. The van der Waals surface area contributed by atoms with Crippen molar-refractivity contribution in [2.45, 2.75) is 37.8 Å². The summed E-state index contributed by atoms with van der Waals surface area (Å²) >= 11 is 0. The highest BCUT2D eigenvalue weighted by molar-refractivity contribution is 7.90. The number of methoxy groups -OCH3 is 1. The highest BCUT2D eigenvalue weighted by atomic mass is 32.2. The first-order valence-corrected chi connectivity index (χ1v) is 12.7. The number of nitrogens with one attached hydrogen (secondary N) is 2. The van der Waals surface area contributed by atoms with Crippen LogP contribution in [0.3, 0.4) is 0 Å². The number of pyridine rings is 1. The number of rotatable bonds is 8. The highest BCUT2D eigenvalue weighted by Gasteiger charge is 2.24. The number of aryl methyl sites for hydroxylation is 1. The average molecular weight is 511 g/mol. The Kier molecular flexibility index (Phi) is 7.43. The first-order valence-electron chi connectivity index (χ1n) is 11.2. The molecule has 2 aromatic heterocycles. The molecular formula is C23H26BN5O6S. The predicted molar refractivity (Wildman–Crippen MR) is 134 cm³/mol. The number of urea groups is 1. The van der Waals surface area contributed by atoms with E-state index < -0.39 is 23.2 Å². The van der Waals surface area contributed by atoms with E-state index in [1.807, 2.05) is 16.9 Å². The number of sulfonamides is 1. The van der Waals surface area contributed by atoms with Crippen LogP contribution in [0.25, 0.3) is 11.1 Å². The second-order valence-electron chi connectivity index (χ2n) is 8.32. The maximum Gasteiger partial charge on any atom is 0.483 e. The summed E-state index contributed by atoms with van der Waals surface area (Å²) in [5, 5.41) is 24.6. The molecule has 0 spiro atoms. The van der Waals surface area contributed by atoms with Gasteiger partial charge in [0, 0.05) is 24.0 Å². The van der Waals surface area contributed by atoms with E-state index in [0.717, 1.165) is 41.5 Å². The minimum Gasteiger partial charge on any atom is -0.481 e. The van der Waals surface area contributed by atoms with Crippen molar-refractivity contribution in [3.63, 3.8) is 0 Å². The summed E-state index contributed by atoms with van der Waals surface area (Å²) in [6, 6.07) is 7.79. The fraction of sp³-hybridized carbons (Fsp3) is 0.261. The lowest BCUT2D eigenvalue weighted by Gasteiger charge is -2.17. The number of anilines is 1. The molecule has 0 radical (unpaired) electrons. The van der Waals surface area contributed by atoms with E-state index in [2.05, 4.69) is 15.4 Å². The minimum atomic E-state index is -4.26. The molecule has 13 heteroatoms. The molecule has 3 aromatic rings. The first kappa shape index (κ1) is 25.4. The van der Waals surface area contributed by atoms with Crippen LogP contribution in [-0.4, -0.2) is 53.5 Å². The second-order valence-corrected chi connectivity index (χ2v) is 9.95. The maximum absolute atomic E-state index is 12.9. The number of allylic oxidation sites excluding steroid dienone is 2. The summed E-state index contributed by atoms with van der Waals surface area (Å²) in [6.45, 7) is 1.65. The van der Waals surface area contributed by atoms with Crippen LogP contribution in [0.2, 0.25) is 0 Å². The molecule has 0 bridgehead atoms. The smallest absolute Gasteiger partial charge is 0.481 e. The van der Waals surface area contributed by atoms with Gasteiger partial charge in [-0.05, 0) is 60.5 Å². The van der Waals surface area contributed by atoms with Crippen LogP contribution in [0.5, 0.6) is 5.88 Å². The standard InChI is InChI=1S/C23H26BN5O6S/c1-15(24(31)32)9-12-29-13-10-21(27-29)36(33,34)28-23(30)26-22-18-5-3-4-16(18)6-7-19(22)17-8-11-25-20(14-17)35-2/h6-11,13-14,31-32H,3-5,12H2,1-2H3,(H2,26,28,30)/b15-9-. The molecule has 0 saturated carbocycles. The van der Waals surface area contributed by atoms with E-state index in [1.54, 1.807) is 18.3 Å². The summed E-state index contributed by atoms with van der Waals surface area (Å²) in [7, 11) is -4.35. The molecule has 0 aliphatic heterocycles. The van der Waals surface area contributed by atoms with Gasteiger partial charge in [0.05, 0.1) is 19.3 Å². The number of ether oxygens (including phenoxy) is 1. The number of carbonyl (C=O) groups is 1. The zero-order valence-corrected chi connectivity index (χ0v) is 20.6. The van der Waals surface area contributed by atoms with Crippen molar-refractivity contribution in [1.29, 1.82) is 0 Å². The van der Waals surface area contributed by atoms with Gasteiger partial charge in [-0.1, -0.05) is 18.2 Å². The SMILES string of the molecule is COc1cc(-c2ccc3c(c2NC(=O)NS(=O)(=O)c2ccn(C/C=C(/C)B(O)O)n2)CCC3)ccn1. The van der Waals surface area contributed by atoms with E-state index >= 15 is 0 Å². The van der Waals surface area contributed by atoms with Gasteiger partial charge >= 0.3 is 13.1 Å². The number of hydrogen-bond donors (Lipinski definition) is 4. The number of aromatic nitrogens is 3. The Balaban J connectivity index is 1.56. The molecule has 2 amide bonds. The fourth-order valence-corrected chi connectivity index (χ4v) is 4.83. The summed E-state index contributed by atoms with van der Waals surface area (Å²) in [5.74, 6) is 0.417. The van der Waals surface area contributed by atoms with Gasteiger partial charge in [-0.25, -0.2) is 14.5 Å². The quantitative estimate of drug-likeness (QED) is 0.334. The molecule has 0 saturated heterocycles. The molecule has 1 aromatic carbocycles. The number of benzene rings is 1. The Morgan fingerprint density at radius 2 is 2.06 bits per heavy atom. The third-order valence-electron chi connectivity index (χ3n) is 5.90. The van der Waals surface area contributed by atoms with Gasteiger partial charge in [-0.2, -0.15) is 13.5 Å². The van der Waals surface area contributed by atoms with Gasteiger partial charge in [0.15, 0.2) is 5.03 Å². The lowest BCUT2D eigenvalue weighted by Crippen LogP contribution is -2.35. The van der Waals surface area contributed by atoms with Crippen LogP contribution in [0.4, 0.5) is 10.5 Å². The van der Waals surface area contributed by atoms with E-state index in [9.17, 15) is 13.2 Å². The topological polar surface area (TPSA) is 156 Å². The highest BCUT2D eigenvalue weighted by Crippen LogP contribution is 2.38. The maximum atomic E-state index is 12.9. The zero-order chi connectivity index (χ0) is 25.9. The lowest BCUT2D eigenvalue weighted by molar-refractivity contribution is 0.256. The van der Waals surface area contributed by atoms with Crippen LogP contribution >= 0.6 is 0 Å². The molecule has 1 aliphatic rings. The number of carbonyl (C=O) groups excluding carboxylic acids is 1. The van der Waals surface area contributed by atoms with Gasteiger partial charge in [-0.3, -0.25) is 4.68 Å². The fourth-order valence-electron chi connectivity index (χ4n) is 3.98. The lowest BCUT2D eigenvalue weighted by atomic mass is 9.80. The van der Waals surface area contributed by atoms with Gasteiger partial charge < -0.3 is 20.1 Å². The monoisotopic (exact) mass is 511 g/mol. The summed E-state index contributed by atoms with van der Waals surface area (Å²) in [5.41, 5.74) is 4.40. The van der Waals surface area contributed by atoms with Crippen molar-refractivity contribution < 1.29 is 28.0 Å². The normalized spacial score (nSPS) is 13.3. The van der Waals surface area contributed by atoms with E-state index in [4.69, 9.17) is 14.8 Å². The van der Waals surface area contributed by atoms with Crippen molar-refractivity contribution >= 4 is 28.9 Å². The van der Waals surface area contributed by atoms with Crippen molar-refractivity contribution in [2.24, 2.45) is 0 Å². The largest absolute Gasteiger partial charge is 0.483 e. The first-order chi connectivity index (χ1) is 17.2. The van der Waals surface area contributed by atoms with Gasteiger partial charge in [0.1, 0.15) is 0 Å². The molecule has 2 heterocycles. The van der Waals surface area contributed by atoms with Crippen molar-refractivity contribution in [1.82, 2.24) is 19.5 Å². The molecule has 1 aliphatic carbocycles. The Hall–Kier alpha value is -3.68. The number of fused-ring (bicyclic) bond motifs is 1. The van der Waals surface area contributed by atoms with Crippen LogP contribution < -0.4 is 14.8 Å². The summed E-state index contributed by atoms with van der Waals surface area (Å²) in [6.07, 6.45) is 7.09. The zero-order valence-electron chi connectivity index (χ0n) is 19.8. The van der Waals surface area contributed by atoms with Crippen molar-refractivity contribution in [2.75, 3.05) is 12.4 Å². The molecule has 0 atom stereocenters. The Labute approximate surface area is 209 Å². The molecule has 188 valence electrons. The minimum absolute atomic E-state index is 0.125. The number of amides is 2. The van der Waals surface area contributed by atoms with Crippen LogP contribution in [-0.2, 0) is 29.4 Å². The van der Waals surface area contributed by atoms with Gasteiger partial charge in [-0.15, -0.1) is 0 Å². The second kappa shape index (κ2) is 10.5. The Morgan fingerprint density at radius 3 is 2.81 bits per heavy atom. The number of nitrogens with zero attached hydrogens (tertiary/aromatic N) is 3. The summed E-state index contributed by atoms with van der Waals surface area (Å²) < 4.78 is 34.1. The molecule has 11 nitrogen and oxygen atoms in total. The average Bonchev–Trinajstić information content (AvgIpc) is 3.52. The third-order valence-corrected chi connectivity index (χ3v) is 7.13. The third kappa shape index (κ3) is 5.59. The summed E-state index contributed by atoms with van der Waals surface area (Å²) in [4.78, 5) is 17.0. The Bertz CT molecular complexity index is 1420. The van der Waals surface area contributed by atoms with Crippen molar-refractivity contribution in [3.05, 3.63) is 65.4 Å². The molecule has 36 heavy (non-hydrogen) atoms. The van der Waals surface area contributed by atoms with Crippen LogP contribution in [0.15, 0.2) is 59.3 Å². The van der Waals surface area contributed by atoms with Gasteiger partial charge in [0.25, 0.3) is 10.0 Å². The van der Waals surface area contributed by atoms with E-state index in [1.165, 1.54) is 37.1 Å². The van der Waals surface area contributed by atoms with Crippen molar-refractivity contribution in [3.8, 4) is 17.0 Å². The molecule has 4 rings (SSSR count). The van der Waals surface area contributed by atoms with Crippen LogP contribution in [0, 0.1) is 0 Å². The molecule has 0 unspecified atom stereocenters. The van der Waals surface area contributed by atoms with Crippen LogP contribution in [0.1, 0.15) is 24.5 Å². The predicted octanol–water partition coefficient (Wildman–Crippen LogP) is 1.91. The molecular weight excluding hydrogens is 485 g/mol. The van der Waals surface area contributed by atoms with E-state index in [-0.39, 0.29) is 11.6 Å². The molecule has 4 N–H and O–H groups in total. The Morgan fingerprint density at radius 1 is 1.25 bits per heavy atom.